The van der Waals surface area contributed by atoms with Crippen molar-refractivity contribution in [2.45, 2.75) is 58.3 Å². The molecular weight excluding hydrogens is 1700 g/mol. The maximum absolute atomic E-state index is 13.0. The molecule has 650 valence electrons. The lowest BCUT2D eigenvalue weighted by atomic mass is 9.97. The Morgan fingerprint density at radius 1 is 0.289 bits per heavy atom. The number of piperazine rings is 1. The topological polar surface area (TPSA) is 365 Å². The number of carbonyl (C=O) groups is 8. The predicted octanol–water partition coefficient (Wildman–Crippen LogP) is 17.7. The first-order valence-corrected chi connectivity index (χ1v) is 43.0. The van der Waals surface area contributed by atoms with E-state index in [0.717, 1.165) is 107 Å². The lowest BCUT2D eigenvalue weighted by Gasteiger charge is -2.29. The van der Waals surface area contributed by atoms with Crippen molar-refractivity contribution in [1.29, 1.82) is 21.6 Å². The second-order valence-electron chi connectivity index (χ2n) is 30.1. The maximum atomic E-state index is 13.0. The quantitative estimate of drug-likeness (QED) is 0.0153. The maximum Gasteiger partial charge on any atom is 0.257 e. The molecule has 4 amide bonds. The van der Waals surface area contributed by atoms with E-state index < -0.39 is 0 Å². The van der Waals surface area contributed by atoms with E-state index in [4.69, 9.17) is 68.0 Å². The first kappa shape index (κ1) is 93.2. The largest absolute Gasteiger partial charge is 0.357 e. The van der Waals surface area contributed by atoms with Gasteiger partial charge in [0.1, 0.15) is 40.8 Å². The lowest BCUT2D eigenvalue weighted by Crippen LogP contribution is -2.46. The molecule has 4 aromatic heterocycles. The molecule has 8 aromatic carbocycles. The van der Waals surface area contributed by atoms with Crippen molar-refractivity contribution < 1.29 is 38.4 Å². The van der Waals surface area contributed by atoms with Crippen LogP contribution in [0.2, 0.25) is 20.1 Å². The van der Waals surface area contributed by atoms with E-state index in [9.17, 15) is 38.4 Å². The summed E-state index contributed by atoms with van der Waals surface area (Å²) in [6.07, 6.45) is 10.6. The third-order valence-corrected chi connectivity index (χ3v) is 22.1. The Bertz CT molecular complexity index is 5790. The van der Waals surface area contributed by atoms with E-state index in [-0.39, 0.29) is 72.4 Å². The van der Waals surface area contributed by atoms with Crippen molar-refractivity contribution in [2.24, 2.45) is 0 Å². The molecule has 0 radical (unpaired) electrons. The molecule has 0 saturated carbocycles. The number of benzene rings is 8. The standard InChI is InChI=1S/C26H26ClN5O2.C26H25ClN4O2.C25H24ClN5O2.C22H18ClN3O2/c27-21-10-11-24(30-17-21)31-26(34)22-5-2-1-4-20(22)16-23(33)18-6-8-19(9-7-18)25(28)32-14-3-12-29-13-15-32;27-21-12-13-24(29-17-21)30-26(33)22-7-3-2-6-20(22)16-23(32)18-8-10-19(11-9-18)25(28)31-14-4-1-5-15-31;26-20-9-10-23(29-16-20)30-25(33)21-4-2-1-3-19(21)15-22(32)17-5-7-18(8-6-17)24(27)31-13-11-28-12-14-31;1-14(24)15-6-8-16(9-7-15)20(27)12-17-4-2-3-5-19(17)22(28)26-21-11-10-18(23)13-25-21/h1-2,4-11,17,28-29H,3,12-16H2,(H,30,31,34);2-3,6-13,17,28H,1,4-5,14-16H2,(H,29,30,33);1-10,16,27-28H,11-15H2,(H,29,30,33);2-11,13,24H,12H2,1H3,(H,25,26,28). The zero-order valence-electron chi connectivity index (χ0n) is 70.0. The van der Waals surface area contributed by atoms with Crippen LogP contribution < -0.4 is 31.9 Å². The van der Waals surface area contributed by atoms with Gasteiger partial charge in [-0.15, -0.1) is 0 Å². The van der Waals surface area contributed by atoms with Gasteiger partial charge in [-0.1, -0.05) is 216 Å². The van der Waals surface area contributed by atoms with E-state index >= 15 is 0 Å². The molecule has 0 spiro atoms. The summed E-state index contributed by atoms with van der Waals surface area (Å²) in [5.74, 6) is 1.25. The van der Waals surface area contributed by atoms with Crippen LogP contribution in [0.3, 0.4) is 0 Å². The Kier molecular flexibility index (Phi) is 33.8. The minimum absolute atomic E-state index is 0.0871. The van der Waals surface area contributed by atoms with E-state index in [0.29, 0.717) is 133 Å². The van der Waals surface area contributed by atoms with Crippen molar-refractivity contribution in [3.05, 3.63) is 377 Å². The molecular formula is C99H93Cl4N17O8. The number of hydrogen-bond acceptors (Lipinski definition) is 18. The van der Waals surface area contributed by atoms with Crippen molar-refractivity contribution in [2.75, 3.05) is 86.7 Å². The van der Waals surface area contributed by atoms with Gasteiger partial charge in [-0.3, -0.25) is 54.6 Å². The summed E-state index contributed by atoms with van der Waals surface area (Å²) in [5, 5.41) is 52.5. The van der Waals surface area contributed by atoms with Crippen molar-refractivity contribution in [3.8, 4) is 0 Å². The number of piperidine rings is 1. The highest BCUT2D eigenvalue weighted by atomic mass is 35.5. The Labute approximate surface area is 761 Å². The molecule has 3 saturated heterocycles. The third-order valence-electron chi connectivity index (χ3n) is 21.2. The number of carbonyl (C=O) groups excluding carboxylic acids is 8. The van der Waals surface area contributed by atoms with Gasteiger partial charge in [0.2, 0.25) is 0 Å². The Hall–Kier alpha value is -13.9. The Morgan fingerprint density at radius 2 is 0.523 bits per heavy atom. The fourth-order valence-corrected chi connectivity index (χ4v) is 14.6. The summed E-state index contributed by atoms with van der Waals surface area (Å²) < 4.78 is 0. The van der Waals surface area contributed by atoms with Gasteiger partial charge in [0.25, 0.3) is 23.6 Å². The SMILES string of the molecule is CC(=N)c1ccc(C(=O)Cc2ccccc2C(=O)Nc2ccc(Cl)cn2)cc1.N=C(c1ccc(C(=O)Cc2ccccc2C(=O)Nc2ccc(Cl)cn2)cc1)N1CCCCC1.N=C(c1ccc(C(=O)Cc2ccccc2C(=O)Nc2ccc(Cl)cn2)cc1)N1CCCNCC1.N=C(c1ccc(C(=O)Cc2ccccc2C(=O)Nc2ccc(Cl)cn2)cc1)N1CCNCC1. The fourth-order valence-electron chi connectivity index (χ4n) is 14.2. The van der Waals surface area contributed by atoms with Crippen molar-refractivity contribution in [3.63, 3.8) is 0 Å². The number of Topliss-reactive ketones (excluding diaryl/α,β-unsaturated/α-hetero) is 4. The highest BCUT2D eigenvalue weighted by Crippen LogP contribution is 2.25. The van der Waals surface area contributed by atoms with Gasteiger partial charge in [0.15, 0.2) is 23.1 Å². The van der Waals surface area contributed by atoms with Gasteiger partial charge in [-0.05, 0) is 140 Å². The molecule has 3 aliphatic heterocycles. The second kappa shape index (κ2) is 46.3. The van der Waals surface area contributed by atoms with Crippen LogP contribution >= 0.6 is 46.4 Å². The number of nitrogens with zero attached hydrogens (tertiary/aromatic N) is 7. The van der Waals surface area contributed by atoms with Crippen LogP contribution in [0.25, 0.3) is 0 Å². The van der Waals surface area contributed by atoms with E-state index in [1.807, 2.05) is 47.4 Å². The van der Waals surface area contributed by atoms with Gasteiger partial charge in [-0.2, -0.15) is 0 Å². The molecule has 3 aliphatic rings. The monoisotopic (exact) mass is 1790 g/mol. The van der Waals surface area contributed by atoms with Gasteiger partial charge in [-0.25, -0.2) is 19.9 Å². The molecule has 25 nitrogen and oxygen atoms in total. The van der Waals surface area contributed by atoms with Crippen LogP contribution in [0.5, 0.6) is 0 Å². The van der Waals surface area contributed by atoms with Crippen LogP contribution in [0.4, 0.5) is 23.3 Å². The summed E-state index contributed by atoms with van der Waals surface area (Å²) in [7, 11) is 0. The average Bonchev–Trinajstić information content (AvgIpc) is 0.906. The van der Waals surface area contributed by atoms with E-state index in [2.05, 4.69) is 61.6 Å². The van der Waals surface area contributed by atoms with Crippen LogP contribution in [-0.4, -0.2) is 170 Å². The number of ketones is 4. The summed E-state index contributed by atoms with van der Waals surface area (Å²) in [4.78, 5) is 125. The molecule has 7 heterocycles. The van der Waals surface area contributed by atoms with Crippen molar-refractivity contribution >= 4 is 140 Å². The Morgan fingerprint density at radius 3 is 0.789 bits per heavy atom. The normalized spacial score (nSPS) is 12.8. The molecule has 0 bridgehead atoms. The van der Waals surface area contributed by atoms with Gasteiger partial charge in [0, 0.05) is 176 Å². The molecule has 29 heteroatoms. The van der Waals surface area contributed by atoms with Crippen molar-refractivity contribution in [1.82, 2.24) is 45.3 Å². The van der Waals surface area contributed by atoms with Crippen LogP contribution in [0.1, 0.15) is 160 Å². The minimum Gasteiger partial charge on any atom is -0.357 e. The van der Waals surface area contributed by atoms with E-state index in [1.165, 1.54) is 31.2 Å². The number of rotatable bonds is 24. The number of pyridine rings is 4. The Balaban J connectivity index is 0.000000155. The zero-order chi connectivity index (χ0) is 90.4. The van der Waals surface area contributed by atoms with Gasteiger partial charge >= 0.3 is 0 Å². The van der Waals surface area contributed by atoms with Crippen LogP contribution in [0.15, 0.2) is 267 Å². The highest BCUT2D eigenvalue weighted by Gasteiger charge is 2.24. The number of amides is 4. The number of nitrogens with one attached hydrogen (secondary N) is 10. The number of likely N-dealkylation sites (tertiary alicyclic amines) is 1. The van der Waals surface area contributed by atoms with E-state index in [1.54, 1.807) is 207 Å². The first-order valence-electron chi connectivity index (χ1n) is 41.5. The minimum atomic E-state index is -0.340. The fraction of sp³-hybridized carbons (Fsp3) is 0.192. The smallest absolute Gasteiger partial charge is 0.257 e. The molecule has 15 rings (SSSR count). The summed E-state index contributed by atoms with van der Waals surface area (Å²) in [5.41, 5.74) is 9.98. The van der Waals surface area contributed by atoms with Gasteiger partial charge < -0.3 is 52.0 Å². The molecule has 0 atom stereocenters. The van der Waals surface area contributed by atoms with Crippen LogP contribution in [-0.2, 0) is 25.7 Å². The summed E-state index contributed by atoms with van der Waals surface area (Å²) >= 11 is 23.3. The van der Waals surface area contributed by atoms with Gasteiger partial charge in [0.05, 0.1) is 20.1 Å². The van der Waals surface area contributed by atoms with Crippen LogP contribution in [0, 0.1) is 21.6 Å². The first-order chi connectivity index (χ1) is 62.0. The summed E-state index contributed by atoms with van der Waals surface area (Å²) in [6, 6.07) is 69.5. The predicted molar refractivity (Wildman–Crippen MR) is 504 cm³/mol. The highest BCUT2D eigenvalue weighted by molar-refractivity contribution is 6.31. The molecule has 128 heavy (non-hydrogen) atoms. The zero-order valence-corrected chi connectivity index (χ0v) is 73.1. The number of hydrogen-bond donors (Lipinski definition) is 10. The molecule has 3 fully saturated rings. The lowest BCUT2D eigenvalue weighted by molar-refractivity contribution is 0.0980. The number of aromatic nitrogens is 4. The number of anilines is 4. The third kappa shape index (κ3) is 26.8. The molecule has 12 aromatic rings. The number of amidine groups is 3. The average molecular weight is 1790 g/mol. The molecule has 10 N–H and O–H groups in total. The second-order valence-corrected chi connectivity index (χ2v) is 31.9. The summed E-state index contributed by atoms with van der Waals surface area (Å²) in [6.45, 7) is 10.3. The molecule has 0 unspecified atom stereocenters. The molecule has 0 aliphatic carbocycles. The number of halogens is 4.